The van der Waals surface area contributed by atoms with Gasteiger partial charge in [-0.05, 0) is 54.5 Å². The van der Waals surface area contributed by atoms with Gasteiger partial charge in [0, 0.05) is 11.0 Å². The first-order valence-electron chi connectivity index (χ1n) is 8.77. The maximum atomic E-state index is 12.3. The van der Waals surface area contributed by atoms with Gasteiger partial charge in [-0.3, -0.25) is 9.59 Å². The van der Waals surface area contributed by atoms with E-state index in [1.54, 1.807) is 24.3 Å². The summed E-state index contributed by atoms with van der Waals surface area (Å²) < 4.78 is 0. The molecule has 1 aliphatic carbocycles. The molecule has 0 saturated heterocycles. The molecule has 1 aromatic carbocycles. The summed E-state index contributed by atoms with van der Waals surface area (Å²) in [5.74, 6) is -0.199. The third-order valence-corrected chi connectivity index (χ3v) is 6.71. The summed E-state index contributed by atoms with van der Waals surface area (Å²) in [7, 11) is 0. The van der Waals surface area contributed by atoms with Crippen LogP contribution in [0.2, 0.25) is 10.0 Å². The smallest absolute Gasteiger partial charge is 0.251 e. The van der Waals surface area contributed by atoms with E-state index in [1.165, 1.54) is 17.4 Å². The number of fused-ring (bicyclic) bond motifs is 1. The molecule has 3 N–H and O–H groups in total. The van der Waals surface area contributed by atoms with Crippen LogP contribution in [0.15, 0.2) is 24.3 Å². The van der Waals surface area contributed by atoms with Crippen LogP contribution < -0.4 is 11.1 Å². The highest BCUT2D eigenvalue weighted by atomic mass is 35.5. The van der Waals surface area contributed by atoms with E-state index in [0.717, 1.165) is 41.7 Å². The van der Waals surface area contributed by atoms with Gasteiger partial charge in [0.2, 0.25) is 5.91 Å². The second-order valence-corrected chi connectivity index (χ2v) is 8.50. The molecule has 0 fully saturated rings. The summed E-state index contributed by atoms with van der Waals surface area (Å²) >= 11 is 13.3. The number of hydrogen-bond donors (Lipinski definition) is 2. The van der Waals surface area contributed by atoms with Crippen LogP contribution in [0.4, 0.5) is 5.00 Å². The number of benzene rings is 1. The first kappa shape index (κ1) is 19.9. The highest BCUT2D eigenvalue weighted by Crippen LogP contribution is 2.40. The van der Waals surface area contributed by atoms with Gasteiger partial charge in [-0.2, -0.15) is 0 Å². The lowest BCUT2D eigenvalue weighted by Gasteiger charge is -2.20. The minimum Gasteiger partial charge on any atom is -0.365 e. The first-order chi connectivity index (χ1) is 12.9. The summed E-state index contributed by atoms with van der Waals surface area (Å²) in [6, 6.07) is 5.11. The zero-order chi connectivity index (χ0) is 19.6. The number of thiophene rings is 1. The molecule has 2 amide bonds. The Morgan fingerprint density at radius 2 is 2.11 bits per heavy atom. The molecule has 1 unspecified atom stereocenters. The van der Waals surface area contributed by atoms with Crippen LogP contribution in [0.5, 0.6) is 0 Å². The van der Waals surface area contributed by atoms with Crippen molar-refractivity contribution in [2.45, 2.75) is 32.6 Å². The number of anilines is 1. The van der Waals surface area contributed by atoms with E-state index in [4.69, 9.17) is 28.9 Å². The van der Waals surface area contributed by atoms with Crippen molar-refractivity contribution in [2.75, 3.05) is 5.32 Å². The molecule has 1 aliphatic rings. The van der Waals surface area contributed by atoms with Gasteiger partial charge in [-0.25, -0.2) is 0 Å². The van der Waals surface area contributed by atoms with Crippen molar-refractivity contribution < 1.29 is 9.59 Å². The molecule has 3 rings (SSSR count). The van der Waals surface area contributed by atoms with E-state index in [-0.39, 0.29) is 5.91 Å². The third kappa shape index (κ3) is 4.54. The lowest BCUT2D eigenvalue weighted by molar-refractivity contribution is -0.111. The van der Waals surface area contributed by atoms with Gasteiger partial charge in [-0.15, -0.1) is 11.3 Å². The van der Waals surface area contributed by atoms with E-state index in [2.05, 4.69) is 12.2 Å². The predicted molar refractivity (Wildman–Crippen MR) is 113 cm³/mol. The molecular weight excluding hydrogens is 403 g/mol. The zero-order valence-electron chi connectivity index (χ0n) is 14.9. The zero-order valence-corrected chi connectivity index (χ0v) is 17.2. The maximum Gasteiger partial charge on any atom is 0.251 e. The Hall–Kier alpha value is -1.82. The normalized spacial score (nSPS) is 16.3. The number of carbonyl (C=O) groups is 2. The summed E-state index contributed by atoms with van der Waals surface area (Å²) in [5, 5.41) is 4.23. The first-order valence-corrected chi connectivity index (χ1v) is 10.3. The van der Waals surface area contributed by atoms with Crippen molar-refractivity contribution in [1.82, 2.24) is 0 Å². The Balaban J connectivity index is 1.79. The summed E-state index contributed by atoms with van der Waals surface area (Å²) in [6.07, 6.45) is 6.96. The monoisotopic (exact) mass is 422 g/mol. The highest BCUT2D eigenvalue weighted by molar-refractivity contribution is 7.17. The molecule has 4 nitrogen and oxygen atoms in total. The molecule has 0 saturated carbocycles. The lowest BCUT2D eigenvalue weighted by Crippen LogP contribution is -2.19. The summed E-state index contributed by atoms with van der Waals surface area (Å²) in [6.45, 7) is 2.18. The van der Waals surface area contributed by atoms with E-state index in [0.29, 0.717) is 26.5 Å². The van der Waals surface area contributed by atoms with E-state index in [1.807, 2.05) is 0 Å². The lowest BCUT2D eigenvalue weighted by atomic mass is 9.85. The molecule has 142 valence electrons. The van der Waals surface area contributed by atoms with E-state index < -0.39 is 5.91 Å². The van der Waals surface area contributed by atoms with Crippen LogP contribution in [0.25, 0.3) is 6.08 Å². The van der Waals surface area contributed by atoms with Crippen LogP contribution in [-0.4, -0.2) is 11.8 Å². The van der Waals surface area contributed by atoms with Crippen molar-refractivity contribution in [1.29, 1.82) is 0 Å². The van der Waals surface area contributed by atoms with Crippen molar-refractivity contribution >= 4 is 57.4 Å². The molecule has 1 heterocycles. The average Bonchev–Trinajstić information content (AvgIpc) is 2.99. The number of primary amides is 1. The molecule has 27 heavy (non-hydrogen) atoms. The van der Waals surface area contributed by atoms with Crippen molar-refractivity contribution in [2.24, 2.45) is 11.7 Å². The standard InChI is InChI=1S/C20H20Cl2N2O2S/c1-2-11-3-6-13-16(10-11)27-20(18(13)19(23)26)24-17(25)8-5-12-4-7-14(21)15(22)9-12/h4-5,7-9,11H,2-3,6,10H2,1H3,(H2,23,26)(H,24,25). The van der Waals surface area contributed by atoms with Crippen LogP contribution in [-0.2, 0) is 17.6 Å². The molecule has 7 heteroatoms. The molecule has 2 aromatic rings. The number of hydrogen-bond acceptors (Lipinski definition) is 3. The molecule has 1 atom stereocenters. The Bertz CT molecular complexity index is 921. The van der Waals surface area contributed by atoms with Crippen LogP contribution in [0.1, 0.15) is 46.1 Å². The number of nitrogens with one attached hydrogen (secondary N) is 1. The number of carbonyl (C=O) groups excluding carboxylic acids is 2. The minimum absolute atomic E-state index is 0.325. The quantitative estimate of drug-likeness (QED) is 0.639. The fourth-order valence-electron chi connectivity index (χ4n) is 3.29. The molecule has 0 radical (unpaired) electrons. The molecule has 0 spiro atoms. The Morgan fingerprint density at radius 1 is 1.33 bits per heavy atom. The van der Waals surface area contributed by atoms with Crippen LogP contribution in [0.3, 0.4) is 0 Å². The molecular formula is C20H20Cl2N2O2S. The van der Waals surface area contributed by atoms with Gasteiger partial charge >= 0.3 is 0 Å². The third-order valence-electron chi connectivity index (χ3n) is 4.80. The van der Waals surface area contributed by atoms with E-state index in [9.17, 15) is 9.59 Å². The molecule has 0 bridgehead atoms. The van der Waals surface area contributed by atoms with Gasteiger partial charge < -0.3 is 11.1 Å². The van der Waals surface area contributed by atoms with Crippen molar-refractivity contribution in [3.63, 3.8) is 0 Å². The van der Waals surface area contributed by atoms with Crippen LogP contribution >= 0.6 is 34.5 Å². The minimum atomic E-state index is -0.494. The van der Waals surface area contributed by atoms with Crippen LogP contribution in [0, 0.1) is 5.92 Å². The van der Waals surface area contributed by atoms with Gasteiger partial charge in [0.1, 0.15) is 5.00 Å². The maximum absolute atomic E-state index is 12.3. The van der Waals surface area contributed by atoms with Crippen molar-refractivity contribution in [3.05, 3.63) is 55.9 Å². The summed E-state index contributed by atoms with van der Waals surface area (Å²) in [4.78, 5) is 25.5. The Labute approximate surface area is 172 Å². The SMILES string of the molecule is CCC1CCc2c(sc(NC(=O)C=Cc3ccc(Cl)c(Cl)c3)c2C(N)=O)C1. The number of halogens is 2. The van der Waals surface area contributed by atoms with Gasteiger partial charge in [-0.1, -0.05) is 42.6 Å². The van der Waals surface area contributed by atoms with Gasteiger partial charge in [0.25, 0.3) is 5.91 Å². The van der Waals surface area contributed by atoms with Gasteiger partial charge in [0.05, 0.1) is 15.6 Å². The Kier molecular flexibility index (Phi) is 6.25. The average molecular weight is 423 g/mol. The number of amides is 2. The van der Waals surface area contributed by atoms with Gasteiger partial charge in [0.15, 0.2) is 0 Å². The summed E-state index contributed by atoms with van der Waals surface area (Å²) in [5.41, 5.74) is 7.81. The van der Waals surface area contributed by atoms with Crippen molar-refractivity contribution in [3.8, 4) is 0 Å². The second-order valence-electron chi connectivity index (χ2n) is 6.59. The largest absolute Gasteiger partial charge is 0.365 e. The molecule has 0 aliphatic heterocycles. The number of nitrogens with two attached hydrogens (primary N) is 1. The fourth-order valence-corrected chi connectivity index (χ4v) is 4.97. The topological polar surface area (TPSA) is 72.2 Å². The highest BCUT2D eigenvalue weighted by Gasteiger charge is 2.27. The predicted octanol–water partition coefficient (Wildman–Crippen LogP) is 5.32. The fraction of sp³-hybridized carbons (Fsp3) is 0.300. The Morgan fingerprint density at radius 3 is 2.78 bits per heavy atom. The number of rotatable bonds is 5. The molecule has 1 aromatic heterocycles. The second kappa shape index (κ2) is 8.46. The van der Waals surface area contributed by atoms with E-state index >= 15 is 0 Å².